The van der Waals surface area contributed by atoms with Crippen LogP contribution in [0.4, 0.5) is 5.69 Å². The number of rotatable bonds is 9. The molecule has 0 spiro atoms. The minimum atomic E-state index is -3.97. The largest absolute Gasteiger partial charge is 0.504 e. The normalized spacial score (nSPS) is 11.9. The number of nitrogens with one attached hydrogen (secondary N) is 1. The number of hydrogen-bond acceptors (Lipinski definition) is 7. The van der Waals surface area contributed by atoms with E-state index >= 15 is 0 Å². The van der Waals surface area contributed by atoms with Crippen molar-refractivity contribution >= 4 is 27.9 Å². The summed E-state index contributed by atoms with van der Waals surface area (Å²) in [6.45, 7) is 6.03. The molecule has 198 valence electrons. The molecule has 0 heterocycles. The Morgan fingerprint density at radius 1 is 0.784 bits per heavy atom. The van der Waals surface area contributed by atoms with Crippen molar-refractivity contribution < 1.29 is 32.5 Å². The Balaban J connectivity index is 2.00. The minimum Gasteiger partial charge on any atom is -0.504 e. The number of methoxy groups -OCH3 is 4. The number of benzene rings is 3. The molecule has 3 aromatic rings. The number of ether oxygens (including phenoxy) is 4. The second kappa shape index (κ2) is 11.0. The first kappa shape index (κ1) is 27.7. The van der Waals surface area contributed by atoms with Gasteiger partial charge in [-0.15, -0.1) is 0 Å². The number of anilines is 1. The van der Waals surface area contributed by atoms with Gasteiger partial charge in [-0.3, -0.25) is 4.72 Å². The number of phenols is 1. The summed E-state index contributed by atoms with van der Waals surface area (Å²) in [6.07, 6.45) is 3.49. The molecule has 0 saturated carbocycles. The highest BCUT2D eigenvalue weighted by molar-refractivity contribution is 7.92. The number of sulfonamides is 1. The Morgan fingerprint density at radius 2 is 1.35 bits per heavy atom. The lowest BCUT2D eigenvalue weighted by molar-refractivity contribution is 0.324. The van der Waals surface area contributed by atoms with Gasteiger partial charge >= 0.3 is 0 Å². The molecule has 0 aliphatic carbocycles. The van der Waals surface area contributed by atoms with Gasteiger partial charge in [-0.05, 0) is 58.5 Å². The van der Waals surface area contributed by atoms with E-state index in [1.54, 1.807) is 42.5 Å². The average molecular weight is 528 g/mol. The van der Waals surface area contributed by atoms with Crippen LogP contribution in [0.2, 0.25) is 0 Å². The maximum Gasteiger partial charge on any atom is 0.262 e. The lowest BCUT2D eigenvalue weighted by Crippen LogP contribution is -2.16. The van der Waals surface area contributed by atoms with Crippen LogP contribution >= 0.6 is 0 Å². The lowest BCUT2D eigenvalue weighted by atomic mass is 9.87. The molecule has 0 saturated heterocycles. The standard InChI is InChI=1S/C28H33NO7S/c1-28(2,3)20-9-8-10-21(17-20)37(31,32)29-22-13-18(14-23(30)26(22)35-6)11-12-19-15-24(33-4)27(36-7)25(16-19)34-5/h8-17,29-30H,1-7H3. The van der Waals surface area contributed by atoms with Crippen LogP contribution in [0.1, 0.15) is 37.5 Å². The molecule has 0 aliphatic heterocycles. The quantitative estimate of drug-likeness (QED) is 0.344. The zero-order chi connectivity index (χ0) is 27.4. The van der Waals surface area contributed by atoms with E-state index in [4.69, 9.17) is 18.9 Å². The number of phenolic OH excluding ortho intramolecular Hbond substituents is 1. The van der Waals surface area contributed by atoms with Crippen LogP contribution in [0.25, 0.3) is 12.2 Å². The monoisotopic (exact) mass is 527 g/mol. The highest BCUT2D eigenvalue weighted by atomic mass is 32.2. The Bertz CT molecular complexity index is 1380. The molecule has 0 aromatic heterocycles. The molecule has 8 nitrogen and oxygen atoms in total. The van der Waals surface area contributed by atoms with Gasteiger partial charge in [-0.2, -0.15) is 0 Å². The van der Waals surface area contributed by atoms with Crippen LogP contribution in [-0.4, -0.2) is 42.0 Å². The van der Waals surface area contributed by atoms with Gasteiger partial charge in [-0.25, -0.2) is 8.42 Å². The third-order valence-electron chi connectivity index (χ3n) is 5.71. The SMILES string of the molecule is COc1cc(C=Cc2cc(O)c(OC)c(NS(=O)(=O)c3cccc(C(C)(C)C)c3)c2)cc(OC)c1OC. The molecule has 37 heavy (non-hydrogen) atoms. The van der Waals surface area contributed by atoms with E-state index in [-0.39, 0.29) is 27.5 Å². The fraction of sp³-hybridized carbons (Fsp3) is 0.286. The highest BCUT2D eigenvalue weighted by Crippen LogP contribution is 2.40. The molecule has 0 atom stereocenters. The van der Waals surface area contributed by atoms with E-state index in [0.717, 1.165) is 11.1 Å². The Labute approximate surface area is 218 Å². The van der Waals surface area contributed by atoms with Gasteiger partial charge in [0.15, 0.2) is 23.0 Å². The van der Waals surface area contributed by atoms with Crippen LogP contribution in [-0.2, 0) is 15.4 Å². The summed E-state index contributed by atoms with van der Waals surface area (Å²) < 4.78 is 50.5. The van der Waals surface area contributed by atoms with E-state index in [1.807, 2.05) is 26.8 Å². The fourth-order valence-electron chi connectivity index (χ4n) is 3.75. The average Bonchev–Trinajstić information content (AvgIpc) is 2.86. The topological polar surface area (TPSA) is 103 Å². The summed E-state index contributed by atoms with van der Waals surface area (Å²) >= 11 is 0. The summed E-state index contributed by atoms with van der Waals surface area (Å²) in [4.78, 5) is 0.111. The summed E-state index contributed by atoms with van der Waals surface area (Å²) in [7, 11) is 1.98. The van der Waals surface area contributed by atoms with Crippen molar-refractivity contribution in [2.75, 3.05) is 33.2 Å². The molecule has 0 aliphatic rings. The molecule has 9 heteroatoms. The minimum absolute atomic E-state index is 0.0143. The van der Waals surface area contributed by atoms with Gasteiger partial charge in [0, 0.05) is 0 Å². The zero-order valence-corrected chi connectivity index (χ0v) is 22.9. The van der Waals surface area contributed by atoms with Crippen molar-refractivity contribution in [3.8, 4) is 28.7 Å². The second-order valence-electron chi connectivity index (χ2n) is 9.30. The molecule has 0 unspecified atom stereocenters. The lowest BCUT2D eigenvalue weighted by Gasteiger charge is -2.20. The fourth-order valence-corrected chi connectivity index (χ4v) is 4.84. The third kappa shape index (κ3) is 6.29. The maximum atomic E-state index is 13.2. The van der Waals surface area contributed by atoms with E-state index in [9.17, 15) is 13.5 Å². The number of hydrogen-bond donors (Lipinski definition) is 2. The van der Waals surface area contributed by atoms with Crippen LogP contribution in [0.15, 0.2) is 53.4 Å². The summed E-state index contributed by atoms with van der Waals surface area (Å²) in [5.41, 5.74) is 2.04. The molecule has 0 amide bonds. The second-order valence-corrected chi connectivity index (χ2v) is 11.0. The first-order valence-corrected chi connectivity index (χ1v) is 12.9. The maximum absolute atomic E-state index is 13.2. The Kier molecular flexibility index (Phi) is 8.28. The molecule has 0 radical (unpaired) electrons. The van der Waals surface area contributed by atoms with Crippen molar-refractivity contribution in [3.63, 3.8) is 0 Å². The van der Waals surface area contributed by atoms with Crippen LogP contribution in [0.3, 0.4) is 0 Å². The molecule has 3 rings (SSSR count). The predicted molar refractivity (Wildman–Crippen MR) is 146 cm³/mol. The molecular weight excluding hydrogens is 494 g/mol. The van der Waals surface area contributed by atoms with E-state index in [2.05, 4.69) is 4.72 Å². The number of aromatic hydroxyl groups is 1. The van der Waals surface area contributed by atoms with Gasteiger partial charge < -0.3 is 24.1 Å². The molecule has 3 aromatic carbocycles. The first-order valence-electron chi connectivity index (χ1n) is 11.5. The van der Waals surface area contributed by atoms with Gasteiger partial charge in [0.05, 0.1) is 39.0 Å². The predicted octanol–water partition coefficient (Wildman–Crippen LogP) is 5.70. The summed E-state index contributed by atoms with van der Waals surface area (Å²) in [5, 5.41) is 10.6. The van der Waals surface area contributed by atoms with Crippen molar-refractivity contribution in [3.05, 3.63) is 65.2 Å². The van der Waals surface area contributed by atoms with Gasteiger partial charge in [0.2, 0.25) is 5.75 Å². The van der Waals surface area contributed by atoms with Crippen LogP contribution in [0, 0.1) is 0 Å². The van der Waals surface area contributed by atoms with Crippen molar-refractivity contribution in [1.29, 1.82) is 0 Å². The summed E-state index contributed by atoms with van der Waals surface area (Å²) in [6, 6.07) is 13.4. The van der Waals surface area contributed by atoms with Gasteiger partial charge in [0.25, 0.3) is 10.0 Å². The van der Waals surface area contributed by atoms with Crippen LogP contribution < -0.4 is 23.7 Å². The summed E-state index contributed by atoms with van der Waals surface area (Å²) in [5.74, 6) is 1.25. The Hall–Kier alpha value is -3.85. The van der Waals surface area contributed by atoms with Crippen molar-refractivity contribution in [1.82, 2.24) is 0 Å². The molecular formula is C28H33NO7S. The van der Waals surface area contributed by atoms with Crippen molar-refractivity contribution in [2.45, 2.75) is 31.1 Å². The van der Waals surface area contributed by atoms with Crippen molar-refractivity contribution in [2.24, 2.45) is 0 Å². The van der Waals surface area contributed by atoms with E-state index in [1.165, 1.54) is 40.6 Å². The smallest absolute Gasteiger partial charge is 0.262 e. The molecule has 0 fully saturated rings. The highest BCUT2D eigenvalue weighted by Gasteiger charge is 2.22. The Morgan fingerprint density at radius 3 is 1.86 bits per heavy atom. The first-order chi connectivity index (χ1) is 17.4. The molecule has 2 N–H and O–H groups in total. The van der Waals surface area contributed by atoms with Gasteiger partial charge in [-0.1, -0.05) is 45.1 Å². The van der Waals surface area contributed by atoms with Gasteiger partial charge in [0.1, 0.15) is 0 Å². The van der Waals surface area contributed by atoms with E-state index < -0.39 is 10.0 Å². The third-order valence-corrected chi connectivity index (χ3v) is 7.07. The molecule has 0 bridgehead atoms. The van der Waals surface area contributed by atoms with Crippen LogP contribution in [0.5, 0.6) is 28.7 Å². The van der Waals surface area contributed by atoms with E-state index in [0.29, 0.717) is 22.8 Å². The zero-order valence-electron chi connectivity index (χ0n) is 22.1.